The molecule has 3 aliphatic heterocycles. The molecule has 3 aliphatic rings. The van der Waals surface area contributed by atoms with Gasteiger partial charge in [-0.25, -0.2) is 0 Å². The van der Waals surface area contributed by atoms with Crippen LogP contribution in [0.2, 0.25) is 0 Å². The summed E-state index contributed by atoms with van der Waals surface area (Å²) in [6.07, 6.45) is 0.525. The van der Waals surface area contributed by atoms with Gasteiger partial charge in [-0.1, -0.05) is 30.3 Å². The van der Waals surface area contributed by atoms with Gasteiger partial charge in [0.1, 0.15) is 0 Å². The van der Waals surface area contributed by atoms with Gasteiger partial charge in [0.2, 0.25) is 23.6 Å². The molecule has 0 N–H and O–H groups in total. The number of carbonyl (C=O) groups is 4. The zero-order valence-corrected chi connectivity index (χ0v) is 18.9. The lowest BCUT2D eigenvalue weighted by molar-refractivity contribution is -0.143. The molecule has 1 aromatic carbocycles. The molecule has 0 radical (unpaired) electrons. The first kappa shape index (κ1) is 22.3. The Hall–Kier alpha value is -2.90. The molecule has 0 bridgehead atoms. The average Bonchev–Trinajstić information content (AvgIpc) is 3.36. The van der Waals surface area contributed by atoms with E-state index in [1.54, 1.807) is 19.6 Å². The molecule has 0 aliphatic carbocycles. The highest BCUT2D eigenvalue weighted by molar-refractivity contribution is 5.90. The SMILES string of the molecule is CC(C)N1CC(C(=O)N2CCN(C(=O)C3CC(=O)N(Cc4ccccc4)C3)CC2)CC1=O. The predicted molar refractivity (Wildman–Crippen MR) is 118 cm³/mol. The smallest absolute Gasteiger partial charge is 0.228 e. The van der Waals surface area contributed by atoms with E-state index in [0.29, 0.717) is 45.8 Å². The van der Waals surface area contributed by atoms with Crippen LogP contribution in [0.25, 0.3) is 0 Å². The number of amides is 4. The van der Waals surface area contributed by atoms with Gasteiger partial charge in [0.05, 0.1) is 11.8 Å². The minimum atomic E-state index is -0.319. The zero-order chi connectivity index (χ0) is 22.8. The Kier molecular flexibility index (Phi) is 6.48. The first-order valence-electron chi connectivity index (χ1n) is 11.5. The van der Waals surface area contributed by atoms with Crippen LogP contribution in [0.1, 0.15) is 32.3 Å². The van der Waals surface area contributed by atoms with E-state index < -0.39 is 0 Å². The van der Waals surface area contributed by atoms with E-state index in [0.717, 1.165) is 5.56 Å². The second kappa shape index (κ2) is 9.30. The average molecular weight is 441 g/mol. The van der Waals surface area contributed by atoms with Gasteiger partial charge in [-0.05, 0) is 19.4 Å². The van der Waals surface area contributed by atoms with Gasteiger partial charge in [-0.2, -0.15) is 0 Å². The number of benzene rings is 1. The summed E-state index contributed by atoms with van der Waals surface area (Å²) in [6, 6.07) is 9.90. The number of rotatable bonds is 5. The molecule has 3 fully saturated rings. The van der Waals surface area contributed by atoms with Crippen LogP contribution in [-0.2, 0) is 25.7 Å². The lowest BCUT2D eigenvalue weighted by Gasteiger charge is -2.37. The Morgan fingerprint density at radius 1 is 0.844 bits per heavy atom. The van der Waals surface area contributed by atoms with E-state index in [9.17, 15) is 19.2 Å². The maximum Gasteiger partial charge on any atom is 0.228 e. The summed E-state index contributed by atoms with van der Waals surface area (Å²) in [5, 5.41) is 0. The number of piperazine rings is 1. The second-order valence-electron chi connectivity index (χ2n) is 9.35. The molecule has 3 heterocycles. The van der Waals surface area contributed by atoms with Crippen molar-refractivity contribution in [1.29, 1.82) is 0 Å². The number of nitrogens with zero attached hydrogens (tertiary/aromatic N) is 4. The van der Waals surface area contributed by atoms with Crippen molar-refractivity contribution in [3.8, 4) is 0 Å². The summed E-state index contributed by atoms with van der Waals surface area (Å²) in [6.45, 7) is 7.28. The Bertz CT molecular complexity index is 879. The van der Waals surface area contributed by atoms with Crippen molar-refractivity contribution in [3.05, 3.63) is 35.9 Å². The van der Waals surface area contributed by atoms with E-state index in [4.69, 9.17) is 0 Å². The molecular weight excluding hydrogens is 408 g/mol. The summed E-state index contributed by atoms with van der Waals surface area (Å²) in [5.74, 6) is -0.534. The third-order valence-electron chi connectivity index (χ3n) is 6.81. The van der Waals surface area contributed by atoms with Crippen molar-refractivity contribution in [1.82, 2.24) is 19.6 Å². The predicted octanol–water partition coefficient (Wildman–Crippen LogP) is 0.963. The van der Waals surface area contributed by atoms with Crippen molar-refractivity contribution in [2.45, 2.75) is 39.3 Å². The number of hydrogen-bond acceptors (Lipinski definition) is 4. The largest absolute Gasteiger partial charge is 0.339 e. The Labute approximate surface area is 189 Å². The van der Waals surface area contributed by atoms with Crippen LogP contribution in [0.4, 0.5) is 0 Å². The lowest BCUT2D eigenvalue weighted by Crippen LogP contribution is -2.53. The molecule has 8 heteroatoms. The summed E-state index contributed by atoms with van der Waals surface area (Å²) in [4.78, 5) is 57.6. The van der Waals surface area contributed by atoms with Gasteiger partial charge in [0.25, 0.3) is 0 Å². The molecule has 4 rings (SSSR count). The molecule has 1 aromatic rings. The van der Waals surface area contributed by atoms with Crippen molar-refractivity contribution < 1.29 is 19.2 Å². The topological polar surface area (TPSA) is 81.2 Å². The molecule has 3 saturated heterocycles. The molecule has 172 valence electrons. The van der Waals surface area contributed by atoms with Crippen LogP contribution in [0, 0.1) is 11.8 Å². The van der Waals surface area contributed by atoms with Crippen LogP contribution < -0.4 is 0 Å². The summed E-state index contributed by atoms with van der Waals surface area (Å²) in [7, 11) is 0. The fraction of sp³-hybridized carbons (Fsp3) is 0.583. The summed E-state index contributed by atoms with van der Waals surface area (Å²) in [5.41, 5.74) is 1.06. The fourth-order valence-electron chi connectivity index (χ4n) is 4.95. The van der Waals surface area contributed by atoms with Crippen molar-refractivity contribution >= 4 is 23.6 Å². The normalized spacial score (nSPS) is 24.1. The van der Waals surface area contributed by atoms with E-state index in [1.165, 1.54) is 0 Å². The van der Waals surface area contributed by atoms with Crippen LogP contribution >= 0.6 is 0 Å². The monoisotopic (exact) mass is 440 g/mol. The lowest BCUT2D eigenvalue weighted by atomic mass is 10.0. The molecule has 0 spiro atoms. The second-order valence-corrected chi connectivity index (χ2v) is 9.35. The molecule has 0 saturated carbocycles. The third kappa shape index (κ3) is 4.64. The van der Waals surface area contributed by atoms with E-state index in [-0.39, 0.29) is 54.3 Å². The molecule has 2 unspecified atom stereocenters. The Morgan fingerprint density at radius 3 is 1.91 bits per heavy atom. The maximum absolute atomic E-state index is 13.0. The molecular formula is C24H32N4O4. The van der Waals surface area contributed by atoms with Crippen molar-refractivity contribution in [2.75, 3.05) is 39.3 Å². The molecule has 4 amide bonds. The van der Waals surface area contributed by atoms with Crippen LogP contribution in [-0.4, -0.2) is 88.5 Å². The highest BCUT2D eigenvalue weighted by Crippen LogP contribution is 2.25. The standard InChI is InChI=1S/C24H32N4O4/c1-17(2)28-16-20(13-22(28)30)24(32)26-10-8-25(9-11-26)23(31)19-12-21(29)27(15-19)14-18-6-4-3-5-7-18/h3-7,17,19-20H,8-16H2,1-2H3. The fourth-order valence-corrected chi connectivity index (χ4v) is 4.95. The van der Waals surface area contributed by atoms with Crippen LogP contribution in [0.15, 0.2) is 30.3 Å². The quantitative estimate of drug-likeness (QED) is 0.683. The van der Waals surface area contributed by atoms with Gasteiger partial charge in [0.15, 0.2) is 0 Å². The first-order valence-corrected chi connectivity index (χ1v) is 11.5. The van der Waals surface area contributed by atoms with E-state index in [2.05, 4.69) is 0 Å². The van der Waals surface area contributed by atoms with Crippen LogP contribution in [0.3, 0.4) is 0 Å². The number of likely N-dealkylation sites (tertiary alicyclic amines) is 2. The highest BCUT2D eigenvalue weighted by atomic mass is 16.2. The minimum Gasteiger partial charge on any atom is -0.339 e. The van der Waals surface area contributed by atoms with Gasteiger partial charge < -0.3 is 19.6 Å². The van der Waals surface area contributed by atoms with Crippen molar-refractivity contribution in [2.24, 2.45) is 11.8 Å². The van der Waals surface area contributed by atoms with Gasteiger partial charge in [-0.3, -0.25) is 19.2 Å². The van der Waals surface area contributed by atoms with E-state index >= 15 is 0 Å². The Balaban J connectivity index is 1.27. The van der Waals surface area contributed by atoms with Crippen molar-refractivity contribution in [3.63, 3.8) is 0 Å². The minimum absolute atomic E-state index is 0.00281. The third-order valence-corrected chi connectivity index (χ3v) is 6.81. The molecule has 0 aromatic heterocycles. The van der Waals surface area contributed by atoms with Gasteiger partial charge in [-0.15, -0.1) is 0 Å². The molecule has 2 atom stereocenters. The zero-order valence-electron chi connectivity index (χ0n) is 18.9. The summed E-state index contributed by atoms with van der Waals surface area (Å²) < 4.78 is 0. The number of hydrogen-bond donors (Lipinski definition) is 0. The van der Waals surface area contributed by atoms with Crippen LogP contribution in [0.5, 0.6) is 0 Å². The Morgan fingerprint density at radius 2 is 1.38 bits per heavy atom. The van der Waals surface area contributed by atoms with E-state index in [1.807, 2.05) is 44.2 Å². The summed E-state index contributed by atoms with van der Waals surface area (Å²) >= 11 is 0. The first-order chi connectivity index (χ1) is 15.3. The van der Waals surface area contributed by atoms with Gasteiger partial charge in [0, 0.05) is 64.7 Å². The van der Waals surface area contributed by atoms with Gasteiger partial charge >= 0.3 is 0 Å². The maximum atomic E-state index is 13.0. The molecule has 8 nitrogen and oxygen atoms in total. The highest BCUT2D eigenvalue weighted by Gasteiger charge is 2.40. The number of carbonyl (C=O) groups excluding carboxylic acids is 4. The molecule has 32 heavy (non-hydrogen) atoms.